The van der Waals surface area contributed by atoms with E-state index in [-0.39, 0.29) is 11.8 Å². The monoisotopic (exact) mass is 580 g/mol. The van der Waals surface area contributed by atoms with Crippen molar-refractivity contribution in [3.05, 3.63) is 145 Å². The summed E-state index contributed by atoms with van der Waals surface area (Å²) in [6, 6.07) is 39.9. The number of hydrogen-bond acceptors (Lipinski definition) is 4. The van der Waals surface area contributed by atoms with E-state index in [1.165, 1.54) is 0 Å². The van der Waals surface area contributed by atoms with Gasteiger partial charge in [-0.1, -0.05) is 110 Å². The molecular weight excluding hydrogens is 552 g/mol. The van der Waals surface area contributed by atoms with Crippen molar-refractivity contribution in [3.8, 4) is 28.5 Å². The second kappa shape index (κ2) is 10.1. The molecule has 0 radical (unpaired) electrons. The molecule has 9 rings (SSSR count). The Morgan fingerprint density at radius 1 is 0.600 bits per heavy atom. The Labute approximate surface area is 259 Å². The van der Waals surface area contributed by atoms with Gasteiger partial charge in [0.1, 0.15) is 17.0 Å². The molecule has 8 aromatic rings. The van der Waals surface area contributed by atoms with Crippen LogP contribution in [-0.4, -0.2) is 19.5 Å². The second-order valence-electron chi connectivity index (χ2n) is 11.7. The van der Waals surface area contributed by atoms with Crippen LogP contribution in [0.15, 0.2) is 144 Å². The molecule has 2 unspecified atom stereocenters. The molecule has 0 N–H and O–H groups in total. The van der Waals surface area contributed by atoms with Crippen molar-refractivity contribution < 1.29 is 4.42 Å². The van der Waals surface area contributed by atoms with E-state index in [2.05, 4.69) is 121 Å². The predicted octanol–water partition coefficient (Wildman–Crippen LogP) is 10.0. The third kappa shape index (κ3) is 4.12. The maximum atomic E-state index is 6.50. The molecule has 1 aliphatic carbocycles. The molecule has 214 valence electrons. The molecule has 45 heavy (non-hydrogen) atoms. The van der Waals surface area contributed by atoms with Crippen molar-refractivity contribution in [1.29, 1.82) is 0 Å². The first-order valence-corrected chi connectivity index (χ1v) is 15.3. The highest BCUT2D eigenvalue weighted by molar-refractivity contribution is 6.23. The Kier molecular flexibility index (Phi) is 5.78. The Morgan fingerprint density at radius 2 is 1.33 bits per heavy atom. The van der Waals surface area contributed by atoms with Gasteiger partial charge in [0.2, 0.25) is 0 Å². The van der Waals surface area contributed by atoms with Crippen LogP contribution in [0.1, 0.15) is 18.7 Å². The second-order valence-corrected chi connectivity index (χ2v) is 11.7. The summed E-state index contributed by atoms with van der Waals surface area (Å²) in [6.45, 7) is 2.21. The average Bonchev–Trinajstić information content (AvgIpc) is 3.64. The lowest BCUT2D eigenvalue weighted by Crippen LogP contribution is -2.13. The Bertz CT molecular complexity index is 2470. The molecule has 0 saturated heterocycles. The number of para-hydroxylation sites is 2. The minimum Gasteiger partial charge on any atom is -0.455 e. The van der Waals surface area contributed by atoms with Crippen molar-refractivity contribution in [2.75, 3.05) is 0 Å². The van der Waals surface area contributed by atoms with Gasteiger partial charge in [-0.15, -0.1) is 0 Å². The van der Waals surface area contributed by atoms with Crippen molar-refractivity contribution >= 4 is 43.7 Å². The molecule has 0 spiro atoms. The van der Waals surface area contributed by atoms with Crippen molar-refractivity contribution in [2.24, 2.45) is 5.92 Å². The van der Waals surface area contributed by atoms with Crippen LogP contribution in [0.3, 0.4) is 0 Å². The van der Waals surface area contributed by atoms with Crippen LogP contribution in [0.25, 0.3) is 72.2 Å². The van der Waals surface area contributed by atoms with Gasteiger partial charge in [-0.25, -0.2) is 15.0 Å². The first-order chi connectivity index (χ1) is 22.2. The van der Waals surface area contributed by atoms with Gasteiger partial charge < -0.3 is 8.98 Å². The predicted molar refractivity (Wildman–Crippen MR) is 183 cm³/mol. The van der Waals surface area contributed by atoms with E-state index in [9.17, 15) is 0 Å². The molecule has 0 amide bonds. The highest BCUT2D eigenvalue weighted by atomic mass is 16.3. The lowest BCUT2D eigenvalue weighted by atomic mass is 9.89. The maximum Gasteiger partial charge on any atom is 0.163 e. The molecule has 0 fully saturated rings. The van der Waals surface area contributed by atoms with E-state index in [0.717, 1.165) is 66.4 Å². The van der Waals surface area contributed by atoms with Gasteiger partial charge in [-0.3, -0.25) is 0 Å². The number of nitrogens with zero attached hydrogens (tertiary/aromatic N) is 4. The number of hydrogen-bond donors (Lipinski definition) is 0. The summed E-state index contributed by atoms with van der Waals surface area (Å²) in [6.07, 6.45) is 8.57. The SMILES string of the molecule is CC1C=CC=CC1c1nc(-c2ccccc2)nc(-c2cccc(-n3c4ccccc4c4c5oc6ccccc6c5ccc43)c2)n1. The lowest BCUT2D eigenvalue weighted by Gasteiger charge is -2.20. The van der Waals surface area contributed by atoms with Crippen LogP contribution in [0, 0.1) is 5.92 Å². The third-order valence-corrected chi connectivity index (χ3v) is 8.94. The van der Waals surface area contributed by atoms with E-state index in [1.54, 1.807) is 0 Å². The van der Waals surface area contributed by atoms with Crippen LogP contribution in [-0.2, 0) is 0 Å². The summed E-state index contributed by atoms with van der Waals surface area (Å²) in [7, 11) is 0. The molecular formula is C40H28N4O. The summed E-state index contributed by atoms with van der Waals surface area (Å²) in [5.41, 5.74) is 6.97. The van der Waals surface area contributed by atoms with E-state index in [4.69, 9.17) is 19.4 Å². The van der Waals surface area contributed by atoms with Crippen molar-refractivity contribution in [1.82, 2.24) is 19.5 Å². The zero-order valence-electron chi connectivity index (χ0n) is 24.6. The van der Waals surface area contributed by atoms with Gasteiger partial charge >= 0.3 is 0 Å². The quantitative estimate of drug-likeness (QED) is 0.208. The van der Waals surface area contributed by atoms with Gasteiger partial charge in [-0.2, -0.15) is 0 Å². The molecule has 0 bridgehead atoms. The molecule has 3 aromatic heterocycles. The minimum absolute atomic E-state index is 0.0750. The zero-order valence-corrected chi connectivity index (χ0v) is 24.6. The van der Waals surface area contributed by atoms with E-state index in [1.807, 2.05) is 30.3 Å². The summed E-state index contributed by atoms with van der Waals surface area (Å²) < 4.78 is 8.82. The molecule has 5 nitrogen and oxygen atoms in total. The highest BCUT2D eigenvalue weighted by Crippen LogP contribution is 2.41. The van der Waals surface area contributed by atoms with Gasteiger partial charge in [0, 0.05) is 38.9 Å². The smallest absolute Gasteiger partial charge is 0.163 e. The number of fused-ring (bicyclic) bond motifs is 7. The van der Waals surface area contributed by atoms with Gasteiger partial charge in [-0.05, 0) is 42.3 Å². The Hall–Kier alpha value is -5.81. The standard InChI is InChI=1S/C40H28N4O/c1-25-12-5-6-17-29(25)40-42-38(26-13-3-2-4-14-26)41-39(43-40)27-15-11-16-28(24-27)44-33-20-9-7-19-32(33)36-34(44)23-22-31-30-18-8-10-21-35(30)45-37(31)36/h2-25,29H,1H3. The zero-order chi connectivity index (χ0) is 29.9. The fraction of sp³-hybridized carbons (Fsp3) is 0.0750. The molecule has 3 heterocycles. The van der Waals surface area contributed by atoms with Crippen LogP contribution in [0.4, 0.5) is 0 Å². The van der Waals surface area contributed by atoms with Crippen LogP contribution in [0.5, 0.6) is 0 Å². The molecule has 5 heteroatoms. The summed E-state index contributed by atoms with van der Waals surface area (Å²) in [4.78, 5) is 15.1. The van der Waals surface area contributed by atoms with Crippen molar-refractivity contribution in [2.45, 2.75) is 12.8 Å². The number of allylic oxidation sites excluding steroid dienone is 4. The lowest BCUT2D eigenvalue weighted by molar-refractivity contribution is 0.600. The van der Waals surface area contributed by atoms with E-state index in [0.29, 0.717) is 11.6 Å². The number of rotatable bonds is 4. The van der Waals surface area contributed by atoms with Gasteiger partial charge in [0.05, 0.1) is 16.4 Å². The number of aromatic nitrogens is 4. The molecule has 0 aliphatic heterocycles. The average molecular weight is 581 g/mol. The molecule has 2 atom stereocenters. The summed E-state index contributed by atoms with van der Waals surface area (Å²) in [5.74, 6) is 2.48. The third-order valence-electron chi connectivity index (χ3n) is 8.94. The number of furan rings is 1. The molecule has 5 aromatic carbocycles. The summed E-state index contributed by atoms with van der Waals surface area (Å²) >= 11 is 0. The Balaban J connectivity index is 1.26. The fourth-order valence-electron chi connectivity index (χ4n) is 6.72. The van der Waals surface area contributed by atoms with Gasteiger partial charge in [0.25, 0.3) is 0 Å². The maximum absolute atomic E-state index is 6.50. The number of benzene rings is 5. The van der Waals surface area contributed by atoms with E-state index >= 15 is 0 Å². The molecule has 1 aliphatic rings. The largest absolute Gasteiger partial charge is 0.455 e. The minimum atomic E-state index is 0.0750. The normalized spacial score (nSPS) is 16.4. The highest BCUT2D eigenvalue weighted by Gasteiger charge is 2.23. The van der Waals surface area contributed by atoms with Crippen molar-refractivity contribution in [3.63, 3.8) is 0 Å². The van der Waals surface area contributed by atoms with Crippen LogP contribution >= 0.6 is 0 Å². The topological polar surface area (TPSA) is 56.7 Å². The first-order valence-electron chi connectivity index (χ1n) is 15.3. The summed E-state index contributed by atoms with van der Waals surface area (Å²) in [5, 5.41) is 4.53. The van der Waals surface area contributed by atoms with Crippen LogP contribution in [0.2, 0.25) is 0 Å². The fourth-order valence-corrected chi connectivity index (χ4v) is 6.72. The first kappa shape index (κ1) is 25.7. The van der Waals surface area contributed by atoms with E-state index < -0.39 is 0 Å². The van der Waals surface area contributed by atoms with Crippen LogP contribution < -0.4 is 0 Å². The Morgan fingerprint density at radius 3 is 2.20 bits per heavy atom. The molecule has 0 saturated carbocycles. The van der Waals surface area contributed by atoms with Gasteiger partial charge in [0.15, 0.2) is 11.6 Å².